The average molecular weight is 447 g/mol. The molecule has 168 valence electrons. The first-order valence-electron chi connectivity index (χ1n) is 10.6. The van der Waals surface area contributed by atoms with Gasteiger partial charge in [0.25, 0.3) is 0 Å². The Hall–Kier alpha value is -2.68. The molecule has 1 aromatic carbocycles. The molecule has 0 amide bonds. The number of methoxy groups -OCH3 is 1. The molecule has 2 aromatic rings. The number of nitrogens with zero attached hydrogens (tertiary/aromatic N) is 3. The van der Waals surface area contributed by atoms with Gasteiger partial charge in [0.05, 0.1) is 25.9 Å². The topological polar surface area (TPSA) is 87.5 Å². The normalized spacial score (nSPS) is 15.3. The largest absolute Gasteiger partial charge is 0.490 e. The first kappa shape index (κ1) is 23.0. The van der Waals surface area contributed by atoms with Crippen LogP contribution >= 0.6 is 11.8 Å². The number of ether oxygens (including phenoxy) is 3. The van der Waals surface area contributed by atoms with Gasteiger partial charge >= 0.3 is 5.97 Å². The van der Waals surface area contributed by atoms with E-state index in [9.17, 15) is 4.79 Å². The number of thioether (sulfide) groups is 1. The molecule has 0 bridgehead atoms. The SMILES string of the molecule is CCCCOc1ccc(C2C(C(=O)OC)=C(C)Nc3nc(SCC)nn32)cc1OCC. The zero-order valence-electron chi connectivity index (χ0n) is 18.7. The van der Waals surface area contributed by atoms with Crippen LogP contribution in [0.5, 0.6) is 11.5 Å². The quantitative estimate of drug-likeness (QED) is 0.326. The summed E-state index contributed by atoms with van der Waals surface area (Å²) >= 11 is 1.55. The Bertz CT molecular complexity index is 957. The van der Waals surface area contributed by atoms with Crippen LogP contribution in [0.4, 0.5) is 5.95 Å². The molecule has 8 nitrogen and oxygen atoms in total. The van der Waals surface area contributed by atoms with Gasteiger partial charge in [-0.25, -0.2) is 9.48 Å². The van der Waals surface area contributed by atoms with Crippen LogP contribution in [0.1, 0.15) is 52.1 Å². The number of hydrogen-bond donors (Lipinski definition) is 1. The Labute approximate surface area is 187 Å². The summed E-state index contributed by atoms with van der Waals surface area (Å²) in [6.45, 7) is 9.07. The fraction of sp³-hybridized carbons (Fsp3) is 0.500. The van der Waals surface area contributed by atoms with E-state index < -0.39 is 12.0 Å². The van der Waals surface area contributed by atoms with Crippen LogP contribution in [-0.4, -0.2) is 46.8 Å². The van der Waals surface area contributed by atoms with Crippen molar-refractivity contribution in [3.63, 3.8) is 0 Å². The molecular weight excluding hydrogens is 416 g/mol. The Morgan fingerprint density at radius 3 is 2.71 bits per heavy atom. The van der Waals surface area contributed by atoms with Gasteiger partial charge in [0.15, 0.2) is 11.5 Å². The number of aromatic nitrogens is 3. The van der Waals surface area contributed by atoms with Gasteiger partial charge in [0.1, 0.15) is 6.04 Å². The molecule has 0 aliphatic carbocycles. The minimum atomic E-state index is -0.494. The molecule has 0 fully saturated rings. The van der Waals surface area contributed by atoms with Crippen LogP contribution < -0.4 is 14.8 Å². The maximum atomic E-state index is 12.7. The van der Waals surface area contributed by atoms with E-state index >= 15 is 0 Å². The van der Waals surface area contributed by atoms with E-state index in [0.717, 1.165) is 24.2 Å². The van der Waals surface area contributed by atoms with Gasteiger partial charge in [-0.1, -0.05) is 38.1 Å². The summed E-state index contributed by atoms with van der Waals surface area (Å²) in [5.41, 5.74) is 2.01. The van der Waals surface area contributed by atoms with E-state index in [2.05, 4.69) is 22.3 Å². The van der Waals surface area contributed by atoms with Crippen molar-refractivity contribution in [2.75, 3.05) is 31.4 Å². The van der Waals surface area contributed by atoms with E-state index in [4.69, 9.17) is 14.2 Å². The summed E-state index contributed by atoms with van der Waals surface area (Å²) in [6.07, 6.45) is 2.02. The van der Waals surface area contributed by atoms with E-state index in [1.807, 2.05) is 39.0 Å². The van der Waals surface area contributed by atoms with Gasteiger partial charge in [-0.2, -0.15) is 4.98 Å². The van der Waals surface area contributed by atoms with Crippen molar-refractivity contribution in [3.05, 3.63) is 35.0 Å². The minimum Gasteiger partial charge on any atom is -0.490 e. The highest BCUT2D eigenvalue weighted by atomic mass is 32.2. The van der Waals surface area contributed by atoms with Crippen molar-refractivity contribution in [1.29, 1.82) is 0 Å². The number of fused-ring (bicyclic) bond motifs is 1. The zero-order valence-corrected chi connectivity index (χ0v) is 19.5. The number of benzene rings is 1. The third kappa shape index (κ3) is 4.98. The van der Waals surface area contributed by atoms with Crippen molar-refractivity contribution in [2.24, 2.45) is 0 Å². The molecule has 9 heteroatoms. The van der Waals surface area contributed by atoms with Crippen molar-refractivity contribution < 1.29 is 19.0 Å². The summed E-state index contributed by atoms with van der Waals surface area (Å²) in [7, 11) is 1.38. The summed E-state index contributed by atoms with van der Waals surface area (Å²) in [5.74, 6) is 2.35. The van der Waals surface area contributed by atoms with Crippen LogP contribution in [0.2, 0.25) is 0 Å². The minimum absolute atomic E-state index is 0.415. The lowest BCUT2D eigenvalue weighted by atomic mass is 9.95. The average Bonchev–Trinajstić information content (AvgIpc) is 3.15. The third-order valence-electron chi connectivity index (χ3n) is 4.85. The fourth-order valence-electron chi connectivity index (χ4n) is 3.41. The molecule has 31 heavy (non-hydrogen) atoms. The van der Waals surface area contributed by atoms with Crippen molar-refractivity contribution >= 4 is 23.7 Å². The highest BCUT2D eigenvalue weighted by molar-refractivity contribution is 7.99. The van der Waals surface area contributed by atoms with Crippen LogP contribution in [0.3, 0.4) is 0 Å². The summed E-state index contributed by atoms with van der Waals surface area (Å²) < 4.78 is 18.6. The van der Waals surface area contributed by atoms with Crippen LogP contribution in [-0.2, 0) is 9.53 Å². The lowest BCUT2D eigenvalue weighted by molar-refractivity contribution is -0.136. The lowest BCUT2D eigenvalue weighted by Crippen LogP contribution is -2.29. The van der Waals surface area contributed by atoms with Gasteiger partial charge in [-0.05, 0) is 43.7 Å². The molecule has 1 N–H and O–H groups in total. The predicted molar refractivity (Wildman–Crippen MR) is 121 cm³/mol. The highest BCUT2D eigenvalue weighted by Crippen LogP contribution is 2.39. The molecule has 3 rings (SSSR count). The summed E-state index contributed by atoms with van der Waals surface area (Å²) in [4.78, 5) is 17.3. The predicted octanol–water partition coefficient (Wildman–Crippen LogP) is 4.43. The molecule has 1 aromatic heterocycles. The zero-order chi connectivity index (χ0) is 22.4. The van der Waals surface area contributed by atoms with Gasteiger partial charge in [-0.15, -0.1) is 5.10 Å². The Morgan fingerprint density at radius 1 is 1.23 bits per heavy atom. The van der Waals surface area contributed by atoms with Crippen molar-refractivity contribution in [2.45, 2.75) is 51.7 Å². The number of esters is 1. The Morgan fingerprint density at radius 2 is 2.03 bits per heavy atom. The summed E-state index contributed by atoms with van der Waals surface area (Å²) in [6, 6.07) is 5.25. The Balaban J connectivity index is 2.08. The van der Waals surface area contributed by atoms with Crippen LogP contribution in [0, 0.1) is 0 Å². The van der Waals surface area contributed by atoms with Gasteiger partial charge in [-0.3, -0.25) is 0 Å². The fourth-order valence-corrected chi connectivity index (χ4v) is 3.97. The molecule has 0 saturated carbocycles. The second kappa shape index (κ2) is 10.6. The van der Waals surface area contributed by atoms with E-state index in [1.165, 1.54) is 7.11 Å². The number of allylic oxidation sites excluding steroid dienone is 1. The second-order valence-electron chi connectivity index (χ2n) is 6.99. The number of rotatable bonds is 10. The summed E-state index contributed by atoms with van der Waals surface area (Å²) in [5, 5.41) is 8.49. The maximum Gasteiger partial charge on any atom is 0.338 e. The van der Waals surface area contributed by atoms with Crippen molar-refractivity contribution in [1.82, 2.24) is 14.8 Å². The number of hydrogen-bond acceptors (Lipinski definition) is 8. The van der Waals surface area contributed by atoms with Crippen molar-refractivity contribution in [3.8, 4) is 11.5 Å². The first-order chi connectivity index (χ1) is 15.0. The Kier molecular flexibility index (Phi) is 7.84. The molecule has 0 radical (unpaired) electrons. The third-order valence-corrected chi connectivity index (χ3v) is 5.57. The van der Waals surface area contributed by atoms with Crippen LogP contribution in [0.25, 0.3) is 0 Å². The number of nitrogens with one attached hydrogen (secondary N) is 1. The molecule has 0 saturated heterocycles. The first-order valence-corrected chi connectivity index (χ1v) is 11.6. The van der Waals surface area contributed by atoms with E-state index in [-0.39, 0.29) is 0 Å². The molecule has 2 heterocycles. The van der Waals surface area contributed by atoms with Gasteiger partial charge in [0, 0.05) is 5.70 Å². The number of carbonyl (C=O) groups is 1. The molecule has 1 unspecified atom stereocenters. The monoisotopic (exact) mass is 446 g/mol. The molecule has 1 atom stereocenters. The number of unbranched alkanes of at least 4 members (excludes halogenated alkanes) is 1. The molecular formula is C22H30N4O4S. The van der Waals surface area contributed by atoms with Gasteiger partial charge < -0.3 is 19.5 Å². The smallest absolute Gasteiger partial charge is 0.338 e. The molecule has 1 aliphatic heterocycles. The lowest BCUT2D eigenvalue weighted by Gasteiger charge is -2.28. The standard InChI is InChI=1S/C22H30N4O4S/c1-6-9-12-30-16-11-10-15(13-17(16)29-7-2)19-18(20(27)28-5)14(4)23-21-24-22(31-8-3)25-26(19)21/h10-11,13,19H,6-9,12H2,1-5H3,(H,23,24,25). The maximum absolute atomic E-state index is 12.7. The number of carbonyl (C=O) groups excluding carboxylic acids is 1. The second-order valence-corrected chi connectivity index (χ2v) is 8.23. The highest BCUT2D eigenvalue weighted by Gasteiger charge is 2.35. The van der Waals surface area contributed by atoms with E-state index in [1.54, 1.807) is 16.4 Å². The van der Waals surface area contributed by atoms with Crippen LogP contribution in [0.15, 0.2) is 34.6 Å². The molecule has 1 aliphatic rings. The van der Waals surface area contributed by atoms with Gasteiger partial charge in [0.2, 0.25) is 11.1 Å². The molecule has 0 spiro atoms. The number of anilines is 1. The van der Waals surface area contributed by atoms with E-state index in [0.29, 0.717) is 47.1 Å².